The molecule has 0 aliphatic carbocycles. The lowest BCUT2D eigenvalue weighted by Gasteiger charge is -2.32. The SMILES string of the molecule is CN1CCN(CCCNS(=O)(=O)c2ccc(B(O)O)cc2)CC1. The fourth-order valence-corrected chi connectivity index (χ4v) is 3.56. The molecule has 1 fully saturated rings. The summed E-state index contributed by atoms with van der Waals surface area (Å²) in [6.07, 6.45) is 0.760. The van der Waals surface area contributed by atoms with Gasteiger partial charge in [-0.05, 0) is 37.6 Å². The number of rotatable bonds is 7. The molecule has 1 aromatic rings. The van der Waals surface area contributed by atoms with E-state index in [1.807, 2.05) is 0 Å². The molecule has 0 saturated carbocycles. The highest BCUT2D eigenvalue weighted by molar-refractivity contribution is 7.89. The van der Waals surface area contributed by atoms with Crippen LogP contribution in [0.1, 0.15) is 6.42 Å². The molecule has 128 valence electrons. The van der Waals surface area contributed by atoms with Crippen LogP contribution in [0.2, 0.25) is 0 Å². The van der Waals surface area contributed by atoms with Crippen molar-refractivity contribution in [3.8, 4) is 0 Å². The summed E-state index contributed by atoms with van der Waals surface area (Å²) >= 11 is 0. The van der Waals surface area contributed by atoms with Crippen LogP contribution in [0.5, 0.6) is 0 Å². The maximum absolute atomic E-state index is 12.2. The van der Waals surface area contributed by atoms with Gasteiger partial charge in [0, 0.05) is 32.7 Å². The van der Waals surface area contributed by atoms with Crippen molar-refractivity contribution in [2.24, 2.45) is 0 Å². The molecule has 7 nitrogen and oxygen atoms in total. The highest BCUT2D eigenvalue weighted by Gasteiger charge is 2.17. The minimum atomic E-state index is -3.55. The van der Waals surface area contributed by atoms with Crippen LogP contribution >= 0.6 is 0 Å². The van der Waals surface area contributed by atoms with E-state index >= 15 is 0 Å². The molecule has 2 rings (SSSR count). The quantitative estimate of drug-likeness (QED) is 0.404. The van der Waals surface area contributed by atoms with Gasteiger partial charge in [-0.2, -0.15) is 0 Å². The first kappa shape index (κ1) is 18.4. The Morgan fingerprint density at radius 2 is 1.74 bits per heavy atom. The Kier molecular flexibility index (Phi) is 6.57. The van der Waals surface area contributed by atoms with E-state index in [1.54, 1.807) is 0 Å². The molecule has 1 saturated heterocycles. The Morgan fingerprint density at radius 3 is 2.30 bits per heavy atom. The van der Waals surface area contributed by atoms with Crippen LogP contribution in [-0.4, -0.2) is 81.7 Å². The van der Waals surface area contributed by atoms with Crippen molar-refractivity contribution in [3.63, 3.8) is 0 Å². The van der Waals surface area contributed by atoms with E-state index in [4.69, 9.17) is 10.0 Å². The van der Waals surface area contributed by atoms with Gasteiger partial charge < -0.3 is 19.8 Å². The van der Waals surface area contributed by atoms with Crippen molar-refractivity contribution < 1.29 is 18.5 Å². The minimum absolute atomic E-state index is 0.126. The van der Waals surface area contributed by atoms with Crippen LogP contribution in [0.4, 0.5) is 0 Å². The Bertz CT molecular complexity index is 587. The standard InChI is InChI=1S/C14H24BN3O4S/c1-17-9-11-18(12-10-17)8-2-7-16-23(21,22)14-5-3-13(4-6-14)15(19)20/h3-6,16,19-20H,2,7-12H2,1H3. The average molecular weight is 341 g/mol. The molecule has 0 amide bonds. The predicted molar refractivity (Wildman–Crippen MR) is 90.0 cm³/mol. The van der Waals surface area contributed by atoms with Gasteiger partial charge >= 0.3 is 7.12 Å². The predicted octanol–water partition coefficient (Wildman–Crippen LogP) is -1.72. The largest absolute Gasteiger partial charge is 0.488 e. The zero-order chi connectivity index (χ0) is 16.9. The monoisotopic (exact) mass is 341 g/mol. The van der Waals surface area contributed by atoms with Gasteiger partial charge in [0.25, 0.3) is 0 Å². The Hall–Kier alpha value is -0.965. The Labute approximate surface area is 138 Å². The third kappa shape index (κ3) is 5.56. The number of benzene rings is 1. The number of nitrogens with one attached hydrogen (secondary N) is 1. The number of likely N-dealkylation sites (N-methyl/N-ethyl adjacent to an activating group) is 1. The molecule has 0 aromatic heterocycles. The lowest BCUT2D eigenvalue weighted by molar-refractivity contribution is 0.153. The van der Waals surface area contributed by atoms with Gasteiger partial charge in [0.1, 0.15) is 0 Å². The van der Waals surface area contributed by atoms with Crippen molar-refractivity contribution in [2.75, 3.05) is 46.3 Å². The summed E-state index contributed by atoms with van der Waals surface area (Å²) in [5, 5.41) is 18.0. The summed E-state index contributed by atoms with van der Waals surface area (Å²) in [4.78, 5) is 4.75. The molecule has 1 aliphatic heterocycles. The molecule has 0 unspecified atom stereocenters. The highest BCUT2D eigenvalue weighted by Crippen LogP contribution is 2.07. The summed E-state index contributed by atoms with van der Waals surface area (Å²) < 4.78 is 26.9. The Morgan fingerprint density at radius 1 is 1.13 bits per heavy atom. The molecule has 0 radical (unpaired) electrons. The molecule has 23 heavy (non-hydrogen) atoms. The van der Waals surface area contributed by atoms with E-state index in [0.29, 0.717) is 6.54 Å². The summed E-state index contributed by atoms with van der Waals surface area (Å²) in [5.74, 6) is 0. The van der Waals surface area contributed by atoms with Gasteiger partial charge in [-0.25, -0.2) is 13.1 Å². The zero-order valence-electron chi connectivity index (χ0n) is 13.4. The fraction of sp³-hybridized carbons (Fsp3) is 0.571. The van der Waals surface area contributed by atoms with Crippen molar-refractivity contribution in [1.29, 1.82) is 0 Å². The maximum atomic E-state index is 12.2. The molecular weight excluding hydrogens is 317 g/mol. The van der Waals surface area contributed by atoms with Crippen molar-refractivity contribution in [3.05, 3.63) is 24.3 Å². The van der Waals surface area contributed by atoms with Crippen molar-refractivity contribution in [2.45, 2.75) is 11.3 Å². The summed E-state index contributed by atoms with van der Waals surface area (Å²) in [5.41, 5.74) is 0.263. The van der Waals surface area contributed by atoms with Crippen molar-refractivity contribution >= 4 is 22.6 Å². The first-order valence-corrected chi connectivity index (χ1v) is 9.23. The number of hydrogen-bond acceptors (Lipinski definition) is 6. The molecular formula is C14H24BN3O4S. The van der Waals surface area contributed by atoms with Gasteiger partial charge in [-0.15, -0.1) is 0 Å². The van der Waals surface area contributed by atoms with Crippen molar-refractivity contribution in [1.82, 2.24) is 14.5 Å². The van der Waals surface area contributed by atoms with Crippen LogP contribution in [0.3, 0.4) is 0 Å². The molecule has 9 heteroatoms. The third-order valence-electron chi connectivity index (χ3n) is 4.03. The second-order valence-electron chi connectivity index (χ2n) is 5.84. The third-order valence-corrected chi connectivity index (χ3v) is 5.50. The maximum Gasteiger partial charge on any atom is 0.488 e. The van der Waals surface area contributed by atoms with Crippen LogP contribution < -0.4 is 10.2 Å². The number of nitrogens with zero attached hydrogens (tertiary/aromatic N) is 2. The molecule has 0 atom stereocenters. The zero-order valence-corrected chi connectivity index (χ0v) is 14.2. The van der Waals surface area contributed by atoms with Crippen LogP contribution in [0, 0.1) is 0 Å². The van der Waals surface area contributed by atoms with E-state index in [9.17, 15) is 8.42 Å². The normalized spacial score (nSPS) is 17.3. The number of sulfonamides is 1. The van der Waals surface area contributed by atoms with E-state index in [1.165, 1.54) is 24.3 Å². The first-order valence-electron chi connectivity index (χ1n) is 7.75. The summed E-state index contributed by atoms with van der Waals surface area (Å²) in [6.45, 7) is 5.41. The topological polar surface area (TPSA) is 93.1 Å². The average Bonchev–Trinajstić information content (AvgIpc) is 2.53. The minimum Gasteiger partial charge on any atom is -0.423 e. The van der Waals surface area contributed by atoms with Gasteiger partial charge in [0.05, 0.1) is 4.90 Å². The fourth-order valence-electron chi connectivity index (χ4n) is 2.48. The van der Waals surface area contributed by atoms with Gasteiger partial charge in [-0.1, -0.05) is 12.1 Å². The highest BCUT2D eigenvalue weighted by atomic mass is 32.2. The van der Waals surface area contributed by atoms with Crippen LogP contribution in [-0.2, 0) is 10.0 Å². The number of piperazine rings is 1. The molecule has 0 spiro atoms. The molecule has 1 aromatic carbocycles. The van der Waals surface area contributed by atoms with E-state index < -0.39 is 17.1 Å². The Balaban J connectivity index is 1.77. The van der Waals surface area contributed by atoms with Crippen LogP contribution in [0.25, 0.3) is 0 Å². The smallest absolute Gasteiger partial charge is 0.423 e. The molecule has 1 aliphatic rings. The van der Waals surface area contributed by atoms with E-state index in [-0.39, 0.29) is 10.4 Å². The molecule has 0 bridgehead atoms. The summed E-state index contributed by atoms with van der Waals surface area (Å²) in [6, 6.07) is 5.53. The van der Waals surface area contributed by atoms with Crippen LogP contribution in [0.15, 0.2) is 29.2 Å². The second-order valence-corrected chi connectivity index (χ2v) is 7.61. The second kappa shape index (κ2) is 8.23. The van der Waals surface area contributed by atoms with E-state index in [2.05, 4.69) is 21.6 Å². The molecule has 3 N–H and O–H groups in total. The summed E-state index contributed by atoms with van der Waals surface area (Å²) in [7, 11) is -3.04. The lowest BCUT2D eigenvalue weighted by atomic mass is 9.81. The molecule has 1 heterocycles. The van der Waals surface area contributed by atoms with E-state index in [0.717, 1.165) is 39.1 Å². The first-order chi connectivity index (χ1) is 10.9. The lowest BCUT2D eigenvalue weighted by Crippen LogP contribution is -2.45. The van der Waals surface area contributed by atoms with Gasteiger partial charge in [-0.3, -0.25) is 0 Å². The van der Waals surface area contributed by atoms with Gasteiger partial charge in [0.2, 0.25) is 10.0 Å². The van der Waals surface area contributed by atoms with Gasteiger partial charge in [0.15, 0.2) is 0 Å². The number of hydrogen-bond donors (Lipinski definition) is 3.